The van der Waals surface area contributed by atoms with Gasteiger partial charge in [0.1, 0.15) is 0 Å². The Balaban J connectivity index is 0.000000243. The predicted molar refractivity (Wildman–Crippen MR) is 172 cm³/mol. The van der Waals surface area contributed by atoms with Crippen LogP contribution in [0.15, 0.2) is 109 Å². The van der Waals surface area contributed by atoms with Crippen LogP contribution < -0.4 is 0 Å². The Morgan fingerprint density at radius 2 is 1.43 bits per heavy atom. The molecule has 0 bridgehead atoms. The van der Waals surface area contributed by atoms with E-state index >= 15 is 0 Å². The van der Waals surface area contributed by atoms with Crippen LogP contribution in [0.25, 0.3) is 27.1 Å². The molecule has 0 amide bonds. The minimum absolute atomic E-state index is 0.859. The summed E-state index contributed by atoms with van der Waals surface area (Å²) < 4.78 is 5.48. The summed E-state index contributed by atoms with van der Waals surface area (Å²) in [5.41, 5.74) is 10.5. The van der Waals surface area contributed by atoms with Gasteiger partial charge < -0.3 is 4.74 Å². The molecule has 4 heteroatoms. The highest BCUT2D eigenvalue weighted by Gasteiger charge is 2.21. The smallest absolute Gasteiger partial charge is 0.0594 e. The third kappa shape index (κ3) is 5.78. The first kappa shape index (κ1) is 26.8. The molecule has 2 heterocycles. The van der Waals surface area contributed by atoms with Gasteiger partial charge >= 0.3 is 0 Å². The van der Waals surface area contributed by atoms with E-state index < -0.39 is 0 Å². The van der Waals surface area contributed by atoms with Crippen LogP contribution in [0, 0.1) is 0 Å². The molecular weight excluding hydrogens is 514 g/mol. The fourth-order valence-electron chi connectivity index (χ4n) is 6.66. The first-order valence-electron chi connectivity index (χ1n) is 15.3. The molecule has 8 rings (SSSR count). The number of ether oxygens (including phenoxy) is 1. The van der Waals surface area contributed by atoms with E-state index in [1.54, 1.807) is 23.5 Å². The molecule has 4 aromatic carbocycles. The summed E-state index contributed by atoms with van der Waals surface area (Å²) in [6.45, 7) is 4.82. The lowest BCUT2D eigenvalue weighted by atomic mass is 9.78. The second-order valence-corrected chi connectivity index (χ2v) is 11.6. The van der Waals surface area contributed by atoms with Crippen molar-refractivity contribution in [1.82, 2.24) is 15.1 Å². The van der Waals surface area contributed by atoms with Gasteiger partial charge in [-0.05, 0) is 76.3 Å². The average Bonchev–Trinajstić information content (AvgIpc) is 3.06. The van der Waals surface area contributed by atoms with E-state index in [4.69, 9.17) is 4.74 Å². The number of nitrogens with zero attached hydrogens (tertiary/aromatic N) is 3. The zero-order chi connectivity index (χ0) is 28.1. The van der Waals surface area contributed by atoms with Gasteiger partial charge in [-0.3, -0.25) is 4.90 Å². The molecule has 0 N–H and O–H groups in total. The van der Waals surface area contributed by atoms with Crippen molar-refractivity contribution in [3.8, 4) is 0 Å². The lowest BCUT2D eigenvalue weighted by Crippen LogP contribution is -2.35. The van der Waals surface area contributed by atoms with Gasteiger partial charge in [-0.25, -0.2) is 0 Å². The summed E-state index contributed by atoms with van der Waals surface area (Å²) in [5.74, 6) is 0. The highest BCUT2D eigenvalue weighted by atomic mass is 16.5. The van der Waals surface area contributed by atoms with E-state index in [0.29, 0.717) is 0 Å². The van der Waals surface area contributed by atoms with Gasteiger partial charge in [-0.1, -0.05) is 96.6 Å². The molecule has 3 aliphatic rings. The molecule has 1 fully saturated rings. The maximum Gasteiger partial charge on any atom is 0.0594 e. The van der Waals surface area contributed by atoms with Crippen molar-refractivity contribution in [2.45, 2.75) is 38.6 Å². The standard InChI is InChI=1S/C30H31NO.C8H6N2/c1-2-7-27-24(4-1)12-15-29-28(27)14-13-25-5-3-6-26(30(25)29)20-22-8-10-23(11-9-22)21-31-16-18-32-19-17-31;1-2-4-8-6-10-9-5-7(8)3-1/h2-3,5-11,13-14H,1,4,12,15-21H2;1-6H. The Hall–Kier alpha value is -4.12. The molecule has 0 atom stereocenters. The number of benzene rings is 4. The van der Waals surface area contributed by atoms with Crippen molar-refractivity contribution in [2.24, 2.45) is 0 Å². The van der Waals surface area contributed by atoms with Crippen molar-refractivity contribution in [2.75, 3.05) is 26.3 Å². The van der Waals surface area contributed by atoms with E-state index in [9.17, 15) is 0 Å². The normalized spacial score (nSPS) is 16.6. The van der Waals surface area contributed by atoms with Gasteiger partial charge in [0.15, 0.2) is 0 Å². The lowest BCUT2D eigenvalue weighted by Gasteiger charge is -2.26. The molecule has 2 aliphatic carbocycles. The van der Waals surface area contributed by atoms with Crippen LogP contribution in [0.2, 0.25) is 0 Å². The van der Waals surface area contributed by atoms with E-state index in [1.807, 2.05) is 24.3 Å². The summed E-state index contributed by atoms with van der Waals surface area (Å²) in [7, 11) is 0. The molecule has 4 nitrogen and oxygen atoms in total. The quantitative estimate of drug-likeness (QED) is 0.227. The molecule has 0 unspecified atom stereocenters. The number of aryl methyl sites for hydroxylation is 1. The molecule has 210 valence electrons. The van der Waals surface area contributed by atoms with Crippen LogP contribution in [-0.2, 0) is 24.1 Å². The molecule has 5 aromatic rings. The third-order valence-electron chi connectivity index (χ3n) is 8.87. The molecule has 0 spiro atoms. The maximum absolute atomic E-state index is 5.48. The Bertz CT molecular complexity index is 1700. The second-order valence-electron chi connectivity index (χ2n) is 11.6. The number of rotatable bonds is 4. The molecule has 0 saturated carbocycles. The minimum atomic E-state index is 0.859. The summed E-state index contributed by atoms with van der Waals surface area (Å²) in [6.07, 6.45) is 14.1. The van der Waals surface area contributed by atoms with E-state index in [2.05, 4.69) is 81.8 Å². The number of hydrogen-bond donors (Lipinski definition) is 0. The highest BCUT2D eigenvalue weighted by Crippen LogP contribution is 2.41. The van der Waals surface area contributed by atoms with Crippen molar-refractivity contribution in [3.05, 3.63) is 137 Å². The SMILES string of the molecule is C1=CC2=C(CC1)CCc1c2ccc2cccc(Cc3ccc(CN4CCOCC4)cc3)c12.c1ccc2cnncc2c1. The highest BCUT2D eigenvalue weighted by molar-refractivity contribution is 5.96. The fourth-order valence-corrected chi connectivity index (χ4v) is 6.66. The van der Waals surface area contributed by atoms with Crippen molar-refractivity contribution in [3.63, 3.8) is 0 Å². The molecule has 42 heavy (non-hydrogen) atoms. The first-order chi connectivity index (χ1) is 20.8. The molecule has 0 radical (unpaired) electrons. The lowest BCUT2D eigenvalue weighted by molar-refractivity contribution is 0.0342. The zero-order valence-corrected chi connectivity index (χ0v) is 24.1. The topological polar surface area (TPSA) is 38.2 Å². The van der Waals surface area contributed by atoms with Gasteiger partial charge in [0.05, 0.1) is 25.6 Å². The van der Waals surface area contributed by atoms with E-state index in [-0.39, 0.29) is 0 Å². The average molecular weight is 552 g/mol. The Morgan fingerprint density at radius 1 is 0.690 bits per heavy atom. The van der Waals surface area contributed by atoms with Gasteiger partial charge in [-0.2, -0.15) is 10.2 Å². The maximum atomic E-state index is 5.48. The number of aromatic nitrogens is 2. The van der Waals surface area contributed by atoms with Gasteiger partial charge in [0.25, 0.3) is 0 Å². The minimum Gasteiger partial charge on any atom is -0.379 e. The number of hydrogen-bond acceptors (Lipinski definition) is 4. The molecule has 1 saturated heterocycles. The number of allylic oxidation sites excluding steroid dienone is 4. The van der Waals surface area contributed by atoms with Crippen LogP contribution in [0.1, 0.15) is 47.1 Å². The second kappa shape index (κ2) is 12.4. The molecule has 1 aromatic heterocycles. The number of fused-ring (bicyclic) bond motifs is 5. The largest absolute Gasteiger partial charge is 0.379 e. The zero-order valence-electron chi connectivity index (χ0n) is 24.1. The summed E-state index contributed by atoms with van der Waals surface area (Å²) in [4.78, 5) is 2.48. The van der Waals surface area contributed by atoms with Crippen LogP contribution in [0.3, 0.4) is 0 Å². The fraction of sp³-hybridized carbons (Fsp3) is 0.263. The van der Waals surface area contributed by atoms with Gasteiger partial charge in [0.2, 0.25) is 0 Å². The monoisotopic (exact) mass is 551 g/mol. The van der Waals surface area contributed by atoms with Gasteiger partial charge in [0, 0.05) is 30.4 Å². The van der Waals surface area contributed by atoms with Crippen molar-refractivity contribution in [1.29, 1.82) is 0 Å². The van der Waals surface area contributed by atoms with Crippen LogP contribution in [-0.4, -0.2) is 41.4 Å². The Morgan fingerprint density at radius 3 is 2.21 bits per heavy atom. The molecule has 1 aliphatic heterocycles. The Labute approximate surface area is 248 Å². The predicted octanol–water partition coefficient (Wildman–Crippen LogP) is 7.94. The van der Waals surface area contributed by atoms with Crippen molar-refractivity contribution >= 4 is 27.1 Å². The molecular formula is C38H37N3O. The van der Waals surface area contributed by atoms with E-state index in [1.165, 1.54) is 64.3 Å². The third-order valence-corrected chi connectivity index (χ3v) is 8.87. The van der Waals surface area contributed by atoms with Crippen LogP contribution >= 0.6 is 0 Å². The summed E-state index contributed by atoms with van der Waals surface area (Å²) >= 11 is 0. The van der Waals surface area contributed by atoms with Crippen molar-refractivity contribution < 1.29 is 4.74 Å². The summed E-state index contributed by atoms with van der Waals surface area (Å²) in [5, 5.41) is 12.7. The first-order valence-corrected chi connectivity index (χ1v) is 15.3. The van der Waals surface area contributed by atoms with Crippen LogP contribution in [0.4, 0.5) is 0 Å². The Kier molecular flexibility index (Phi) is 7.90. The summed E-state index contributed by atoms with van der Waals surface area (Å²) in [6, 6.07) is 28.9. The van der Waals surface area contributed by atoms with Crippen LogP contribution in [0.5, 0.6) is 0 Å². The number of morpholine rings is 1. The van der Waals surface area contributed by atoms with Gasteiger partial charge in [-0.15, -0.1) is 0 Å². The van der Waals surface area contributed by atoms with E-state index in [0.717, 1.165) is 50.0 Å².